The lowest BCUT2D eigenvalue weighted by atomic mass is 10.1. The second-order valence-electron chi connectivity index (χ2n) is 4.65. The Morgan fingerprint density at radius 2 is 2.20 bits per heavy atom. The maximum Gasteiger partial charge on any atom is 0.263 e. The van der Waals surface area contributed by atoms with E-state index in [9.17, 15) is 8.42 Å². The summed E-state index contributed by atoms with van der Waals surface area (Å²) >= 11 is 1.77. The average molecular weight is 310 g/mol. The van der Waals surface area contributed by atoms with Crippen molar-refractivity contribution in [1.29, 1.82) is 0 Å². The molecule has 1 aromatic carbocycles. The summed E-state index contributed by atoms with van der Waals surface area (Å²) in [6.07, 6.45) is 2.01. The molecule has 106 valence electrons. The molecule has 0 saturated heterocycles. The van der Waals surface area contributed by atoms with Gasteiger partial charge in [-0.2, -0.15) is 0 Å². The topological polar surface area (TPSA) is 72.2 Å². The number of thioether (sulfide) groups is 1. The number of hydrogen-bond donors (Lipinski definition) is 1. The fraction of sp³-hybridized carbons (Fsp3) is 0.308. The number of aromatic nitrogens is 1. The molecule has 1 aliphatic heterocycles. The summed E-state index contributed by atoms with van der Waals surface area (Å²) in [6.45, 7) is 1.71. The molecular weight excluding hydrogens is 296 g/mol. The monoisotopic (exact) mass is 310 g/mol. The normalized spacial score (nSPS) is 14.8. The van der Waals surface area contributed by atoms with Gasteiger partial charge in [0, 0.05) is 11.0 Å². The highest BCUT2D eigenvalue weighted by molar-refractivity contribution is 7.99. The molecule has 7 heteroatoms. The van der Waals surface area contributed by atoms with E-state index in [2.05, 4.69) is 9.88 Å². The number of rotatable bonds is 3. The Morgan fingerprint density at radius 1 is 1.35 bits per heavy atom. The number of nitrogens with one attached hydrogen (secondary N) is 1. The zero-order valence-electron chi connectivity index (χ0n) is 10.9. The molecule has 0 bridgehead atoms. The van der Waals surface area contributed by atoms with Gasteiger partial charge in [-0.05, 0) is 49.3 Å². The molecule has 0 saturated carbocycles. The first-order chi connectivity index (χ1) is 9.54. The molecule has 0 radical (unpaired) electrons. The van der Waals surface area contributed by atoms with Gasteiger partial charge in [-0.25, -0.2) is 8.42 Å². The number of nitrogens with zero attached hydrogens (tertiary/aromatic N) is 1. The van der Waals surface area contributed by atoms with Crippen LogP contribution in [0, 0.1) is 6.92 Å². The van der Waals surface area contributed by atoms with Gasteiger partial charge in [-0.1, -0.05) is 5.16 Å². The highest BCUT2D eigenvalue weighted by atomic mass is 32.2. The zero-order chi connectivity index (χ0) is 14.2. The number of anilines is 1. The molecule has 2 heterocycles. The quantitative estimate of drug-likeness (QED) is 0.943. The van der Waals surface area contributed by atoms with Gasteiger partial charge >= 0.3 is 0 Å². The summed E-state index contributed by atoms with van der Waals surface area (Å²) in [7, 11) is -3.62. The van der Waals surface area contributed by atoms with Crippen LogP contribution in [-0.4, -0.2) is 19.3 Å². The van der Waals surface area contributed by atoms with Crippen LogP contribution in [0.15, 0.2) is 38.6 Å². The van der Waals surface area contributed by atoms with Gasteiger partial charge in [-0.3, -0.25) is 4.72 Å². The molecule has 0 amide bonds. The number of benzene rings is 1. The average Bonchev–Trinajstić information content (AvgIpc) is 2.83. The smallest absolute Gasteiger partial charge is 0.263 e. The Bertz CT molecular complexity index is 738. The second kappa shape index (κ2) is 5.14. The van der Waals surface area contributed by atoms with Crippen molar-refractivity contribution < 1.29 is 12.9 Å². The van der Waals surface area contributed by atoms with E-state index in [4.69, 9.17) is 4.52 Å². The van der Waals surface area contributed by atoms with Crippen molar-refractivity contribution in [3.63, 3.8) is 0 Å². The molecule has 1 N–H and O–H groups in total. The molecule has 0 unspecified atom stereocenters. The third-order valence-electron chi connectivity index (χ3n) is 3.06. The van der Waals surface area contributed by atoms with Gasteiger partial charge in [-0.15, -0.1) is 11.8 Å². The Kier molecular flexibility index (Phi) is 3.47. The van der Waals surface area contributed by atoms with E-state index < -0.39 is 10.0 Å². The lowest BCUT2D eigenvalue weighted by Crippen LogP contribution is -2.14. The summed E-state index contributed by atoms with van der Waals surface area (Å²) in [6, 6.07) is 6.80. The van der Waals surface area contributed by atoms with Crippen molar-refractivity contribution in [2.24, 2.45) is 0 Å². The molecule has 0 fully saturated rings. The standard InChI is InChI=1S/C13H14N2O3S2/c1-9-7-13(14-18-9)15-20(16,17)11-4-5-12-10(8-11)3-2-6-19-12/h4-5,7-8H,2-3,6H2,1H3,(H,14,15). The van der Waals surface area contributed by atoms with Gasteiger partial charge in [0.25, 0.3) is 10.0 Å². The second-order valence-corrected chi connectivity index (χ2v) is 7.47. The molecule has 20 heavy (non-hydrogen) atoms. The van der Waals surface area contributed by atoms with Gasteiger partial charge in [0.15, 0.2) is 5.82 Å². The third kappa shape index (κ3) is 2.69. The van der Waals surface area contributed by atoms with E-state index in [1.165, 1.54) is 4.90 Å². The Hall–Kier alpha value is -1.47. The van der Waals surface area contributed by atoms with Crippen LogP contribution in [0.3, 0.4) is 0 Å². The largest absolute Gasteiger partial charge is 0.360 e. The molecular formula is C13H14N2O3S2. The first-order valence-corrected chi connectivity index (χ1v) is 8.73. The molecule has 0 spiro atoms. The summed E-state index contributed by atoms with van der Waals surface area (Å²) in [5.74, 6) is 1.86. The summed E-state index contributed by atoms with van der Waals surface area (Å²) in [4.78, 5) is 1.44. The predicted molar refractivity (Wildman–Crippen MR) is 77.5 cm³/mol. The first kappa shape index (κ1) is 13.5. The minimum absolute atomic E-state index is 0.203. The number of aryl methyl sites for hydroxylation is 2. The molecule has 1 aromatic heterocycles. The van der Waals surface area contributed by atoms with Crippen LogP contribution >= 0.6 is 11.8 Å². The van der Waals surface area contributed by atoms with Crippen molar-refractivity contribution in [2.75, 3.05) is 10.5 Å². The van der Waals surface area contributed by atoms with Crippen LogP contribution in [0.2, 0.25) is 0 Å². The maximum atomic E-state index is 12.3. The van der Waals surface area contributed by atoms with Crippen LogP contribution in [0.4, 0.5) is 5.82 Å². The fourth-order valence-corrected chi connectivity index (χ4v) is 4.17. The van der Waals surface area contributed by atoms with Crippen LogP contribution in [-0.2, 0) is 16.4 Å². The van der Waals surface area contributed by atoms with Crippen LogP contribution in [0.5, 0.6) is 0 Å². The molecule has 2 aromatic rings. The summed E-state index contributed by atoms with van der Waals surface area (Å²) in [5, 5.41) is 3.64. The van der Waals surface area contributed by atoms with E-state index in [1.54, 1.807) is 36.9 Å². The number of fused-ring (bicyclic) bond motifs is 1. The van der Waals surface area contributed by atoms with Crippen molar-refractivity contribution in [3.8, 4) is 0 Å². The van der Waals surface area contributed by atoms with Crippen molar-refractivity contribution in [1.82, 2.24) is 5.16 Å². The minimum Gasteiger partial charge on any atom is -0.360 e. The van der Waals surface area contributed by atoms with E-state index in [-0.39, 0.29) is 10.7 Å². The molecule has 0 aliphatic carbocycles. The molecule has 5 nitrogen and oxygen atoms in total. The third-order valence-corrected chi connectivity index (χ3v) is 5.61. The predicted octanol–water partition coefficient (Wildman–Crippen LogP) is 2.82. The van der Waals surface area contributed by atoms with E-state index in [1.807, 2.05) is 6.07 Å². The SMILES string of the molecule is Cc1cc(NS(=O)(=O)c2ccc3c(c2)CCCS3)no1. The van der Waals surface area contributed by atoms with Crippen molar-refractivity contribution in [2.45, 2.75) is 29.6 Å². The van der Waals surface area contributed by atoms with Gasteiger partial charge in [0.2, 0.25) is 0 Å². The fourth-order valence-electron chi connectivity index (χ4n) is 2.11. The van der Waals surface area contributed by atoms with Crippen LogP contribution in [0.1, 0.15) is 17.7 Å². The van der Waals surface area contributed by atoms with Crippen LogP contribution in [0.25, 0.3) is 0 Å². The van der Waals surface area contributed by atoms with Crippen LogP contribution < -0.4 is 4.72 Å². The lowest BCUT2D eigenvalue weighted by Gasteiger charge is -2.16. The lowest BCUT2D eigenvalue weighted by molar-refractivity contribution is 0.400. The van der Waals surface area contributed by atoms with E-state index in [0.29, 0.717) is 5.76 Å². The molecule has 0 atom stereocenters. The number of sulfonamides is 1. The summed E-state index contributed by atoms with van der Waals surface area (Å²) < 4.78 is 31.9. The molecule has 3 rings (SSSR count). The zero-order valence-corrected chi connectivity index (χ0v) is 12.6. The number of hydrogen-bond acceptors (Lipinski definition) is 5. The van der Waals surface area contributed by atoms with E-state index in [0.717, 1.165) is 24.2 Å². The Labute approximate surface area is 121 Å². The van der Waals surface area contributed by atoms with E-state index >= 15 is 0 Å². The minimum atomic E-state index is -3.62. The highest BCUT2D eigenvalue weighted by Crippen LogP contribution is 2.31. The summed E-state index contributed by atoms with van der Waals surface area (Å²) in [5.41, 5.74) is 1.10. The maximum absolute atomic E-state index is 12.3. The van der Waals surface area contributed by atoms with Gasteiger partial charge in [0.05, 0.1) is 4.90 Å². The first-order valence-electron chi connectivity index (χ1n) is 6.26. The van der Waals surface area contributed by atoms with Crippen molar-refractivity contribution in [3.05, 3.63) is 35.6 Å². The van der Waals surface area contributed by atoms with Crippen molar-refractivity contribution >= 4 is 27.6 Å². The Balaban J connectivity index is 1.91. The van der Waals surface area contributed by atoms with Gasteiger partial charge < -0.3 is 4.52 Å². The van der Waals surface area contributed by atoms with Gasteiger partial charge in [0.1, 0.15) is 5.76 Å². The molecule has 1 aliphatic rings. The Morgan fingerprint density at radius 3 is 2.95 bits per heavy atom. The highest BCUT2D eigenvalue weighted by Gasteiger charge is 2.19.